The van der Waals surface area contributed by atoms with Crippen LogP contribution in [0.2, 0.25) is 0 Å². The number of nitrogens with zero attached hydrogens (tertiary/aromatic N) is 3. The van der Waals surface area contributed by atoms with Gasteiger partial charge in [0.15, 0.2) is 11.0 Å². The fourth-order valence-corrected chi connectivity index (χ4v) is 5.73. The van der Waals surface area contributed by atoms with Crippen molar-refractivity contribution in [1.82, 2.24) is 14.7 Å². The largest absolute Gasteiger partial charge is 0.360 e. The summed E-state index contributed by atoms with van der Waals surface area (Å²) in [5.41, 5.74) is 1.20. The summed E-state index contributed by atoms with van der Waals surface area (Å²) in [5, 5.41) is 7.44. The minimum absolute atomic E-state index is 0.00846. The topological polar surface area (TPSA) is 90.0 Å². The van der Waals surface area contributed by atoms with E-state index in [0.717, 1.165) is 29.5 Å². The summed E-state index contributed by atoms with van der Waals surface area (Å²) in [5.74, 6) is 0.808. The van der Waals surface area contributed by atoms with Crippen LogP contribution < -0.4 is 10.9 Å². The van der Waals surface area contributed by atoms with E-state index >= 15 is 0 Å². The third-order valence-electron chi connectivity index (χ3n) is 4.89. The van der Waals surface area contributed by atoms with E-state index in [1.807, 2.05) is 6.92 Å². The number of carbonyl (C=O) groups is 1. The number of nitrogens with one attached hydrogen (secondary N) is 1. The summed E-state index contributed by atoms with van der Waals surface area (Å²) >= 11 is 2.92. The van der Waals surface area contributed by atoms with Crippen molar-refractivity contribution in [2.45, 2.75) is 63.4 Å². The van der Waals surface area contributed by atoms with E-state index in [9.17, 15) is 9.59 Å². The lowest BCUT2D eigenvalue weighted by Gasteiger charge is -2.14. The van der Waals surface area contributed by atoms with Gasteiger partial charge in [-0.3, -0.25) is 14.2 Å². The molecule has 7 nitrogen and oxygen atoms in total. The van der Waals surface area contributed by atoms with Crippen LogP contribution >= 0.6 is 23.1 Å². The second kappa shape index (κ2) is 7.71. The smallest absolute Gasteiger partial charge is 0.263 e. The molecule has 0 radical (unpaired) electrons. The van der Waals surface area contributed by atoms with Gasteiger partial charge in [0.05, 0.1) is 10.6 Å². The van der Waals surface area contributed by atoms with Crippen molar-refractivity contribution < 1.29 is 9.32 Å². The van der Waals surface area contributed by atoms with Crippen LogP contribution in [-0.4, -0.2) is 25.9 Å². The molecule has 0 aliphatic heterocycles. The van der Waals surface area contributed by atoms with Gasteiger partial charge in [0, 0.05) is 17.5 Å². The van der Waals surface area contributed by atoms with Gasteiger partial charge < -0.3 is 9.84 Å². The van der Waals surface area contributed by atoms with E-state index in [1.165, 1.54) is 28.6 Å². The summed E-state index contributed by atoms with van der Waals surface area (Å²) in [6, 6.07) is 1.66. The third kappa shape index (κ3) is 3.48. The number of fused-ring (bicyclic) bond motifs is 3. The van der Waals surface area contributed by atoms with Crippen LogP contribution in [0.25, 0.3) is 10.2 Å². The van der Waals surface area contributed by atoms with Gasteiger partial charge in [-0.1, -0.05) is 16.9 Å². The zero-order valence-electron chi connectivity index (χ0n) is 16.1. The Labute approximate surface area is 170 Å². The first-order chi connectivity index (χ1) is 13.5. The number of thiophene rings is 1. The molecule has 1 amide bonds. The van der Waals surface area contributed by atoms with Gasteiger partial charge in [-0.05, 0) is 52.0 Å². The number of thioether (sulfide) groups is 1. The number of aryl methyl sites for hydroxylation is 3. The molecule has 3 heterocycles. The van der Waals surface area contributed by atoms with Gasteiger partial charge in [-0.25, -0.2) is 4.98 Å². The van der Waals surface area contributed by atoms with Crippen molar-refractivity contribution in [2.75, 3.05) is 5.32 Å². The first kappa shape index (κ1) is 19.2. The Morgan fingerprint density at radius 3 is 2.93 bits per heavy atom. The molecule has 3 aromatic rings. The van der Waals surface area contributed by atoms with Crippen molar-refractivity contribution >= 4 is 45.0 Å². The maximum atomic E-state index is 13.2. The summed E-state index contributed by atoms with van der Waals surface area (Å²) in [6.07, 6.45) is 4.28. The van der Waals surface area contributed by atoms with Crippen LogP contribution in [-0.2, 0) is 24.2 Å². The van der Waals surface area contributed by atoms with Crippen molar-refractivity contribution in [3.8, 4) is 0 Å². The van der Waals surface area contributed by atoms with Gasteiger partial charge >= 0.3 is 0 Å². The molecule has 1 atom stereocenters. The summed E-state index contributed by atoms with van der Waals surface area (Å²) in [7, 11) is 0. The quantitative estimate of drug-likeness (QED) is 0.501. The molecular formula is C19H22N4O3S2. The third-order valence-corrected chi connectivity index (χ3v) is 7.16. The highest BCUT2D eigenvalue weighted by Gasteiger charge is 2.24. The maximum absolute atomic E-state index is 13.2. The van der Waals surface area contributed by atoms with Crippen LogP contribution in [0, 0.1) is 6.92 Å². The highest BCUT2D eigenvalue weighted by atomic mass is 32.2. The monoisotopic (exact) mass is 418 g/mol. The molecule has 1 N–H and O–H groups in total. The van der Waals surface area contributed by atoms with Crippen molar-refractivity contribution in [2.24, 2.45) is 0 Å². The highest BCUT2D eigenvalue weighted by molar-refractivity contribution is 8.00. The number of anilines is 1. The molecule has 0 unspecified atom stereocenters. The van der Waals surface area contributed by atoms with Crippen LogP contribution in [0.1, 0.15) is 42.9 Å². The lowest BCUT2D eigenvalue weighted by molar-refractivity contribution is -0.115. The predicted octanol–water partition coefficient (Wildman–Crippen LogP) is 3.77. The minimum atomic E-state index is -0.436. The van der Waals surface area contributed by atoms with Crippen molar-refractivity contribution in [3.05, 3.63) is 32.6 Å². The Morgan fingerprint density at radius 2 is 2.21 bits per heavy atom. The molecular weight excluding hydrogens is 396 g/mol. The first-order valence-corrected chi connectivity index (χ1v) is 11.1. The Bertz CT molecular complexity index is 1100. The Kier molecular flexibility index (Phi) is 5.29. The molecule has 3 aromatic heterocycles. The molecule has 4 rings (SSSR count). The van der Waals surface area contributed by atoms with E-state index in [4.69, 9.17) is 9.51 Å². The van der Waals surface area contributed by atoms with E-state index in [1.54, 1.807) is 35.8 Å². The second-order valence-electron chi connectivity index (χ2n) is 6.91. The summed E-state index contributed by atoms with van der Waals surface area (Å²) < 4.78 is 6.65. The molecule has 148 valence electrons. The first-order valence-electron chi connectivity index (χ1n) is 9.43. The second-order valence-corrected chi connectivity index (χ2v) is 9.30. The van der Waals surface area contributed by atoms with Gasteiger partial charge in [-0.2, -0.15) is 0 Å². The average molecular weight is 419 g/mol. The molecule has 0 bridgehead atoms. The van der Waals surface area contributed by atoms with Crippen LogP contribution in [0.15, 0.2) is 20.5 Å². The molecule has 0 saturated heterocycles. The standard InChI is InChI=1S/C19H22N4O3S2/c1-4-23-18(25)15-12-7-5-6-8-13(12)28-17(15)21-19(23)27-11(3)16(24)20-14-9-10(2)26-22-14/h9,11H,4-8H2,1-3H3,(H,20,22,24)/t11-/m0/s1. The fraction of sp³-hybridized carbons (Fsp3) is 0.474. The van der Waals surface area contributed by atoms with Crippen LogP contribution in [0.5, 0.6) is 0 Å². The van der Waals surface area contributed by atoms with Crippen molar-refractivity contribution in [3.63, 3.8) is 0 Å². The minimum Gasteiger partial charge on any atom is -0.360 e. The average Bonchev–Trinajstić information content (AvgIpc) is 3.24. The Morgan fingerprint density at radius 1 is 1.43 bits per heavy atom. The predicted molar refractivity (Wildman–Crippen MR) is 111 cm³/mol. The summed E-state index contributed by atoms with van der Waals surface area (Å²) in [4.78, 5) is 32.5. The van der Waals surface area contributed by atoms with Crippen LogP contribution in [0.3, 0.4) is 0 Å². The molecule has 9 heteroatoms. The molecule has 0 aromatic carbocycles. The maximum Gasteiger partial charge on any atom is 0.263 e. The van der Waals surface area contributed by atoms with Gasteiger partial charge in [0.2, 0.25) is 5.91 Å². The Balaban J connectivity index is 1.64. The number of hydrogen-bond donors (Lipinski definition) is 1. The van der Waals surface area contributed by atoms with Gasteiger partial charge in [0.1, 0.15) is 10.6 Å². The molecule has 1 aliphatic carbocycles. The number of aromatic nitrogens is 3. The van der Waals surface area contributed by atoms with Crippen molar-refractivity contribution in [1.29, 1.82) is 0 Å². The van der Waals surface area contributed by atoms with E-state index < -0.39 is 5.25 Å². The fourth-order valence-electron chi connectivity index (χ4n) is 3.45. The lowest BCUT2D eigenvalue weighted by atomic mass is 9.97. The molecule has 0 spiro atoms. The molecule has 28 heavy (non-hydrogen) atoms. The van der Waals surface area contributed by atoms with E-state index in [-0.39, 0.29) is 11.5 Å². The lowest BCUT2D eigenvalue weighted by Crippen LogP contribution is -2.26. The number of hydrogen-bond acceptors (Lipinski definition) is 7. The van der Waals surface area contributed by atoms with E-state index in [2.05, 4.69) is 10.5 Å². The summed E-state index contributed by atoms with van der Waals surface area (Å²) in [6.45, 7) is 6.01. The number of rotatable bonds is 5. The van der Waals surface area contributed by atoms with E-state index in [0.29, 0.717) is 23.3 Å². The Hall–Kier alpha value is -2.13. The molecule has 0 fully saturated rings. The number of amides is 1. The zero-order valence-corrected chi connectivity index (χ0v) is 17.7. The van der Waals surface area contributed by atoms with Gasteiger partial charge in [0.25, 0.3) is 5.56 Å². The van der Waals surface area contributed by atoms with Crippen LogP contribution in [0.4, 0.5) is 5.82 Å². The zero-order chi connectivity index (χ0) is 19.8. The normalized spacial score (nSPS) is 14.8. The number of carbonyl (C=O) groups excluding carboxylic acids is 1. The molecule has 0 saturated carbocycles. The molecule has 1 aliphatic rings. The SMILES string of the molecule is CCn1c(S[C@@H](C)C(=O)Nc2cc(C)on2)nc2sc3c(c2c1=O)CCCC3. The highest BCUT2D eigenvalue weighted by Crippen LogP contribution is 2.35. The van der Waals surface area contributed by atoms with Gasteiger partial charge in [-0.15, -0.1) is 11.3 Å².